The van der Waals surface area contributed by atoms with Gasteiger partial charge >= 0.3 is 0 Å². The van der Waals surface area contributed by atoms with Crippen molar-refractivity contribution in [1.82, 2.24) is 30.2 Å². The van der Waals surface area contributed by atoms with E-state index in [-0.39, 0.29) is 11.8 Å². The van der Waals surface area contributed by atoms with Crippen molar-refractivity contribution in [2.75, 3.05) is 18.9 Å². The predicted octanol–water partition coefficient (Wildman–Crippen LogP) is 3.65. The minimum Gasteiger partial charge on any atom is -0.369 e. The first-order valence-electron chi connectivity index (χ1n) is 10.2. The zero-order valence-corrected chi connectivity index (χ0v) is 18.9. The summed E-state index contributed by atoms with van der Waals surface area (Å²) in [5, 5.41) is 7.47. The average molecular weight is 446 g/mol. The second-order valence-electron chi connectivity index (χ2n) is 7.41. The fourth-order valence-corrected chi connectivity index (χ4v) is 3.85. The van der Waals surface area contributed by atoms with E-state index in [1.807, 2.05) is 31.2 Å². The molecular weight excluding hydrogens is 422 g/mol. The Bertz CT molecular complexity index is 1290. The van der Waals surface area contributed by atoms with E-state index in [0.29, 0.717) is 34.5 Å². The Balaban J connectivity index is 1.56. The van der Waals surface area contributed by atoms with E-state index >= 15 is 0 Å². The van der Waals surface area contributed by atoms with E-state index in [2.05, 4.69) is 55.1 Å². The van der Waals surface area contributed by atoms with Crippen LogP contribution in [0.25, 0.3) is 22.2 Å². The van der Waals surface area contributed by atoms with Crippen LogP contribution in [0.2, 0.25) is 0 Å². The maximum Gasteiger partial charge on any atom is 0.251 e. The third-order valence-corrected chi connectivity index (χ3v) is 5.57. The Hall–Kier alpha value is -3.59. The lowest BCUT2D eigenvalue weighted by molar-refractivity contribution is 0.0964. The van der Waals surface area contributed by atoms with Crippen molar-refractivity contribution in [3.8, 4) is 11.3 Å². The molecule has 3 heterocycles. The number of hydrogen-bond acceptors (Lipinski definition) is 8. The van der Waals surface area contributed by atoms with Crippen molar-refractivity contribution in [3.05, 3.63) is 66.0 Å². The number of aromatic nitrogens is 5. The van der Waals surface area contributed by atoms with E-state index in [1.165, 1.54) is 6.33 Å². The van der Waals surface area contributed by atoms with Gasteiger partial charge in [-0.1, -0.05) is 25.1 Å². The molecule has 4 aromatic rings. The molecule has 8 nitrogen and oxygen atoms in total. The molecule has 0 aliphatic heterocycles. The van der Waals surface area contributed by atoms with Crippen LogP contribution in [0.3, 0.4) is 0 Å². The molecule has 1 atom stereocenters. The zero-order chi connectivity index (χ0) is 22.7. The van der Waals surface area contributed by atoms with Crippen LogP contribution in [0.15, 0.2) is 54.1 Å². The number of para-hydroxylation sites is 1. The van der Waals surface area contributed by atoms with Crippen molar-refractivity contribution in [2.24, 2.45) is 0 Å². The number of carbonyl (C=O) groups excluding carboxylic acids is 1. The number of carbonyl (C=O) groups is 1. The highest BCUT2D eigenvalue weighted by molar-refractivity contribution is 7.80. The fraction of sp³-hybridized carbons (Fsp3) is 0.217. The van der Waals surface area contributed by atoms with Gasteiger partial charge in [-0.05, 0) is 18.6 Å². The largest absolute Gasteiger partial charge is 0.369 e. The minimum atomic E-state index is -0.127. The lowest BCUT2D eigenvalue weighted by Crippen LogP contribution is -2.18. The van der Waals surface area contributed by atoms with Gasteiger partial charge in [-0.15, -0.1) is 12.6 Å². The number of hydrogen-bond donors (Lipinski definition) is 3. The van der Waals surface area contributed by atoms with Gasteiger partial charge in [-0.3, -0.25) is 9.78 Å². The van der Waals surface area contributed by atoms with Crippen LogP contribution in [0.5, 0.6) is 0 Å². The number of pyridine rings is 1. The van der Waals surface area contributed by atoms with Gasteiger partial charge in [0, 0.05) is 43.4 Å². The van der Waals surface area contributed by atoms with Gasteiger partial charge in [0.25, 0.3) is 5.91 Å². The van der Waals surface area contributed by atoms with Crippen LogP contribution >= 0.6 is 12.6 Å². The molecule has 0 fully saturated rings. The number of nitrogens with zero attached hydrogens (tertiary/aromatic N) is 5. The Morgan fingerprint density at radius 1 is 1.16 bits per heavy atom. The van der Waals surface area contributed by atoms with E-state index < -0.39 is 0 Å². The molecule has 0 saturated carbocycles. The number of benzene rings is 1. The molecule has 0 saturated heterocycles. The number of anilines is 1. The molecule has 32 heavy (non-hydrogen) atoms. The highest BCUT2D eigenvalue weighted by atomic mass is 32.1. The first-order valence-corrected chi connectivity index (χ1v) is 10.6. The summed E-state index contributed by atoms with van der Waals surface area (Å²) in [6.07, 6.45) is 4.89. The standard InChI is InChI=1S/C23H23N7OS/c1-13(15-5-4-6-16-17(22(31)24-3)7-8-25-21(15)16)10-27-20-9-19(28-12-29-20)18-11-26-14(2)30-23(18)32/h4-9,11-13H,10H2,1-3H3,(H,24,31)(H,26,30,32)(H,27,28,29)/t13-/m1/s1. The predicted molar refractivity (Wildman–Crippen MR) is 127 cm³/mol. The molecule has 0 aliphatic rings. The van der Waals surface area contributed by atoms with Gasteiger partial charge in [-0.2, -0.15) is 0 Å². The van der Waals surface area contributed by atoms with E-state index in [4.69, 9.17) is 0 Å². The molecule has 0 spiro atoms. The van der Waals surface area contributed by atoms with Gasteiger partial charge in [0.15, 0.2) is 0 Å². The minimum absolute atomic E-state index is 0.118. The number of rotatable bonds is 6. The summed E-state index contributed by atoms with van der Waals surface area (Å²) in [5.41, 5.74) is 3.94. The molecular formula is C23H23N7OS. The zero-order valence-electron chi connectivity index (χ0n) is 18.0. The Labute approximate surface area is 191 Å². The molecule has 4 rings (SSSR count). The molecule has 3 aromatic heterocycles. The van der Waals surface area contributed by atoms with Crippen LogP contribution in [-0.2, 0) is 0 Å². The third kappa shape index (κ3) is 4.38. The SMILES string of the molecule is CNC(=O)c1ccnc2c([C@H](C)CNc3cc(-c4cnc(C)nc4S)ncn3)cccc12. The molecule has 2 N–H and O–H groups in total. The highest BCUT2D eigenvalue weighted by Gasteiger charge is 2.15. The summed E-state index contributed by atoms with van der Waals surface area (Å²) in [7, 11) is 1.63. The number of amides is 1. The van der Waals surface area contributed by atoms with E-state index in [0.717, 1.165) is 22.0 Å². The van der Waals surface area contributed by atoms with Crippen LogP contribution in [-0.4, -0.2) is 44.4 Å². The monoisotopic (exact) mass is 445 g/mol. The van der Waals surface area contributed by atoms with Crippen molar-refractivity contribution in [2.45, 2.75) is 24.8 Å². The fourth-order valence-electron chi connectivity index (χ4n) is 3.54. The normalized spacial score (nSPS) is 11.9. The Morgan fingerprint density at radius 2 is 2.00 bits per heavy atom. The van der Waals surface area contributed by atoms with E-state index in [9.17, 15) is 4.79 Å². The summed E-state index contributed by atoms with van der Waals surface area (Å²) in [5.74, 6) is 1.34. The van der Waals surface area contributed by atoms with E-state index in [1.54, 1.807) is 25.5 Å². The van der Waals surface area contributed by atoms with Gasteiger partial charge < -0.3 is 10.6 Å². The van der Waals surface area contributed by atoms with Crippen LogP contribution in [0.4, 0.5) is 5.82 Å². The summed E-state index contributed by atoms with van der Waals surface area (Å²) < 4.78 is 0. The van der Waals surface area contributed by atoms with Gasteiger partial charge in [0.2, 0.25) is 0 Å². The summed E-state index contributed by atoms with van der Waals surface area (Å²) in [6.45, 7) is 4.55. The van der Waals surface area contributed by atoms with Crippen molar-refractivity contribution >= 4 is 35.3 Å². The molecule has 0 unspecified atom stereocenters. The first kappa shape index (κ1) is 21.6. The lowest BCUT2D eigenvalue weighted by atomic mass is 9.96. The maximum atomic E-state index is 12.2. The average Bonchev–Trinajstić information content (AvgIpc) is 2.81. The number of thiol groups is 1. The molecule has 1 aromatic carbocycles. The molecule has 0 aliphatic carbocycles. The third-order valence-electron chi connectivity index (χ3n) is 5.23. The molecule has 0 bridgehead atoms. The summed E-state index contributed by atoms with van der Waals surface area (Å²) in [6, 6.07) is 9.51. The molecule has 9 heteroatoms. The van der Waals surface area contributed by atoms with Crippen molar-refractivity contribution in [3.63, 3.8) is 0 Å². The lowest BCUT2D eigenvalue weighted by Gasteiger charge is -2.16. The van der Waals surface area contributed by atoms with Gasteiger partial charge in [0.05, 0.1) is 22.3 Å². The maximum absolute atomic E-state index is 12.2. The van der Waals surface area contributed by atoms with Crippen LogP contribution < -0.4 is 10.6 Å². The second kappa shape index (κ2) is 9.27. The number of aryl methyl sites for hydroxylation is 1. The van der Waals surface area contributed by atoms with Crippen LogP contribution in [0.1, 0.15) is 34.6 Å². The molecule has 162 valence electrons. The summed E-state index contributed by atoms with van der Waals surface area (Å²) in [4.78, 5) is 34.0. The number of fused-ring (bicyclic) bond motifs is 1. The first-order chi connectivity index (χ1) is 15.5. The van der Waals surface area contributed by atoms with Gasteiger partial charge in [-0.25, -0.2) is 19.9 Å². The van der Waals surface area contributed by atoms with Crippen molar-refractivity contribution in [1.29, 1.82) is 0 Å². The Morgan fingerprint density at radius 3 is 2.78 bits per heavy atom. The van der Waals surface area contributed by atoms with Crippen LogP contribution in [0, 0.1) is 6.92 Å². The summed E-state index contributed by atoms with van der Waals surface area (Å²) >= 11 is 4.44. The smallest absolute Gasteiger partial charge is 0.251 e. The molecule has 1 amide bonds. The molecule has 0 radical (unpaired) electrons. The van der Waals surface area contributed by atoms with Gasteiger partial charge in [0.1, 0.15) is 23.0 Å². The topological polar surface area (TPSA) is 106 Å². The second-order valence-corrected chi connectivity index (χ2v) is 7.83. The Kier molecular flexibility index (Phi) is 6.27. The highest BCUT2D eigenvalue weighted by Crippen LogP contribution is 2.27. The number of nitrogens with one attached hydrogen (secondary N) is 2. The van der Waals surface area contributed by atoms with Crippen molar-refractivity contribution < 1.29 is 4.79 Å². The quantitative estimate of drug-likeness (QED) is 0.307.